The van der Waals surface area contributed by atoms with Crippen LogP contribution in [0.2, 0.25) is 0 Å². The van der Waals surface area contributed by atoms with Crippen molar-refractivity contribution in [3.8, 4) is 0 Å². The zero-order chi connectivity index (χ0) is 15.9. The van der Waals surface area contributed by atoms with Gasteiger partial charge < -0.3 is 19.7 Å². The minimum absolute atomic E-state index is 0.603. The van der Waals surface area contributed by atoms with Crippen molar-refractivity contribution in [3.63, 3.8) is 0 Å². The number of rotatable bonds is 9. The van der Waals surface area contributed by atoms with E-state index in [9.17, 15) is 14.4 Å². The molecule has 0 aliphatic rings. The van der Waals surface area contributed by atoms with Crippen molar-refractivity contribution in [1.82, 2.24) is 0 Å². The van der Waals surface area contributed by atoms with E-state index in [1.807, 2.05) is 6.92 Å². The maximum atomic E-state index is 12.0. The molecule has 20 heavy (non-hydrogen) atoms. The number of carbonyl (C=O) groups excluding carboxylic acids is 1. The fourth-order valence-electron chi connectivity index (χ4n) is 1.92. The minimum atomic E-state index is -1.48. The molecule has 0 saturated carbocycles. The van der Waals surface area contributed by atoms with Gasteiger partial charge in [-0.1, -0.05) is 13.3 Å². The summed E-state index contributed by atoms with van der Waals surface area (Å²) in [6.45, 7) is 5.33. The molecule has 0 spiro atoms. The summed E-state index contributed by atoms with van der Waals surface area (Å²) in [4.78, 5) is 33.7. The predicted octanol–water partition coefficient (Wildman–Crippen LogP) is 1.30. The van der Waals surface area contributed by atoms with E-state index in [1.165, 1.54) is 0 Å². The lowest BCUT2D eigenvalue weighted by atomic mass is 9.97. The van der Waals surface area contributed by atoms with E-state index in [0.717, 1.165) is 13.5 Å². The number of aliphatic carboxylic acids is 2. The van der Waals surface area contributed by atoms with Gasteiger partial charge in [-0.05, 0) is 20.3 Å². The van der Waals surface area contributed by atoms with E-state index in [-0.39, 0.29) is 0 Å². The lowest BCUT2D eigenvalue weighted by molar-refractivity contribution is -0.178. The van der Waals surface area contributed by atoms with E-state index in [0.29, 0.717) is 6.42 Å². The fraction of sp³-hybridized carbons (Fsp3) is 0.769. The second kappa shape index (κ2) is 7.84. The standard InChI is InChI=1S/C13H22O7/c1-5-6-13(2,3)20-12(18)10(19-4)8(11(16)17)7-9(14)15/h8,10H,5-7H2,1-4H3,(H,14,15)(H,16,17). The Bertz CT molecular complexity index is 362. The first-order chi connectivity index (χ1) is 9.14. The van der Waals surface area contributed by atoms with Crippen LogP contribution in [0.4, 0.5) is 0 Å². The molecule has 0 radical (unpaired) electrons. The molecular weight excluding hydrogens is 268 g/mol. The van der Waals surface area contributed by atoms with Crippen LogP contribution in [-0.4, -0.2) is 46.9 Å². The molecule has 0 bridgehead atoms. The van der Waals surface area contributed by atoms with Gasteiger partial charge in [0.1, 0.15) is 11.5 Å². The highest BCUT2D eigenvalue weighted by atomic mass is 16.6. The summed E-state index contributed by atoms with van der Waals surface area (Å²) in [6.07, 6.45) is -0.766. The normalized spacial score (nSPS) is 14.4. The molecule has 0 aliphatic carbocycles. The molecule has 2 N–H and O–H groups in total. The highest BCUT2D eigenvalue weighted by Crippen LogP contribution is 2.21. The SMILES string of the molecule is CCCC(C)(C)OC(=O)C(OC)C(CC(=O)O)C(=O)O. The number of hydrogen-bond acceptors (Lipinski definition) is 5. The van der Waals surface area contributed by atoms with Gasteiger partial charge in [0.05, 0.1) is 6.42 Å². The Balaban J connectivity index is 4.99. The molecule has 2 unspecified atom stereocenters. The van der Waals surface area contributed by atoms with Crippen LogP contribution in [0.15, 0.2) is 0 Å². The van der Waals surface area contributed by atoms with Gasteiger partial charge in [0.2, 0.25) is 0 Å². The van der Waals surface area contributed by atoms with E-state index in [1.54, 1.807) is 13.8 Å². The van der Waals surface area contributed by atoms with Gasteiger partial charge in [-0.25, -0.2) is 4.79 Å². The molecule has 0 aliphatic heterocycles. The second-order valence-corrected chi connectivity index (χ2v) is 5.13. The summed E-state index contributed by atoms with van der Waals surface area (Å²) in [5.74, 6) is -5.08. The number of carboxylic acid groups (broad SMARTS) is 2. The highest BCUT2D eigenvalue weighted by molar-refractivity contribution is 5.86. The van der Waals surface area contributed by atoms with E-state index in [4.69, 9.17) is 19.7 Å². The van der Waals surface area contributed by atoms with Gasteiger partial charge >= 0.3 is 17.9 Å². The Morgan fingerprint density at radius 3 is 2.10 bits per heavy atom. The molecule has 7 heteroatoms. The summed E-state index contributed by atoms with van der Waals surface area (Å²) in [5, 5.41) is 17.7. The van der Waals surface area contributed by atoms with Crippen LogP contribution in [0.1, 0.15) is 40.0 Å². The minimum Gasteiger partial charge on any atom is -0.481 e. The highest BCUT2D eigenvalue weighted by Gasteiger charge is 2.38. The van der Waals surface area contributed by atoms with E-state index in [2.05, 4.69) is 0 Å². The molecule has 116 valence electrons. The van der Waals surface area contributed by atoms with Crippen molar-refractivity contribution in [3.05, 3.63) is 0 Å². The molecule has 0 aromatic heterocycles. The predicted molar refractivity (Wildman–Crippen MR) is 69.3 cm³/mol. The van der Waals surface area contributed by atoms with Crippen LogP contribution in [0.25, 0.3) is 0 Å². The van der Waals surface area contributed by atoms with Crippen molar-refractivity contribution in [2.75, 3.05) is 7.11 Å². The monoisotopic (exact) mass is 290 g/mol. The van der Waals surface area contributed by atoms with Gasteiger partial charge in [0.15, 0.2) is 6.10 Å². The summed E-state index contributed by atoms with van der Waals surface area (Å²) < 4.78 is 10.1. The van der Waals surface area contributed by atoms with Gasteiger partial charge in [0, 0.05) is 7.11 Å². The van der Waals surface area contributed by atoms with Crippen molar-refractivity contribution in [2.45, 2.75) is 51.7 Å². The molecule has 0 fully saturated rings. The van der Waals surface area contributed by atoms with Crippen LogP contribution >= 0.6 is 0 Å². The Labute approximate surface area is 117 Å². The second-order valence-electron chi connectivity index (χ2n) is 5.13. The molecule has 0 aromatic rings. The molecule has 2 atom stereocenters. The summed E-state index contributed by atoms with van der Waals surface area (Å²) in [5.41, 5.74) is -0.755. The maximum Gasteiger partial charge on any atom is 0.336 e. The smallest absolute Gasteiger partial charge is 0.336 e. The number of carboxylic acids is 2. The van der Waals surface area contributed by atoms with Crippen molar-refractivity contribution < 1.29 is 34.1 Å². The molecule has 0 aromatic carbocycles. The topological polar surface area (TPSA) is 110 Å². The zero-order valence-corrected chi connectivity index (χ0v) is 12.2. The Kier molecular flexibility index (Phi) is 7.20. The zero-order valence-electron chi connectivity index (χ0n) is 12.2. The lowest BCUT2D eigenvalue weighted by Crippen LogP contribution is -2.42. The molecule has 0 rings (SSSR count). The Hall–Kier alpha value is -1.63. The molecule has 0 saturated heterocycles. The number of methoxy groups -OCH3 is 1. The molecule has 0 heterocycles. The van der Waals surface area contributed by atoms with E-state index >= 15 is 0 Å². The molecule has 0 amide bonds. The van der Waals surface area contributed by atoms with E-state index < -0.39 is 42.0 Å². The number of hydrogen-bond donors (Lipinski definition) is 2. The third-order valence-corrected chi connectivity index (χ3v) is 2.79. The van der Waals surface area contributed by atoms with Crippen LogP contribution in [0, 0.1) is 5.92 Å². The summed E-state index contributed by atoms with van der Waals surface area (Å²) in [7, 11) is 1.15. The summed E-state index contributed by atoms with van der Waals surface area (Å²) >= 11 is 0. The van der Waals surface area contributed by atoms with Gasteiger partial charge in [-0.15, -0.1) is 0 Å². The van der Waals surface area contributed by atoms with Crippen molar-refractivity contribution in [1.29, 1.82) is 0 Å². The third kappa shape index (κ3) is 6.01. The van der Waals surface area contributed by atoms with Crippen LogP contribution < -0.4 is 0 Å². The first-order valence-electron chi connectivity index (χ1n) is 6.34. The first kappa shape index (κ1) is 18.4. The van der Waals surface area contributed by atoms with Crippen LogP contribution in [0.3, 0.4) is 0 Å². The fourth-order valence-corrected chi connectivity index (χ4v) is 1.92. The average Bonchev–Trinajstić information content (AvgIpc) is 2.26. The van der Waals surface area contributed by atoms with Crippen molar-refractivity contribution >= 4 is 17.9 Å². The van der Waals surface area contributed by atoms with Gasteiger partial charge in [-0.3, -0.25) is 9.59 Å². The van der Waals surface area contributed by atoms with Gasteiger partial charge in [0.25, 0.3) is 0 Å². The Morgan fingerprint density at radius 1 is 1.20 bits per heavy atom. The molecular formula is C13H22O7. The average molecular weight is 290 g/mol. The number of carbonyl (C=O) groups is 3. The van der Waals surface area contributed by atoms with Crippen molar-refractivity contribution in [2.24, 2.45) is 5.92 Å². The lowest BCUT2D eigenvalue weighted by Gasteiger charge is -2.28. The first-order valence-corrected chi connectivity index (χ1v) is 6.34. The quantitative estimate of drug-likeness (QED) is 0.616. The van der Waals surface area contributed by atoms with Crippen LogP contribution in [-0.2, 0) is 23.9 Å². The largest absolute Gasteiger partial charge is 0.481 e. The third-order valence-electron chi connectivity index (χ3n) is 2.79. The maximum absolute atomic E-state index is 12.0. The number of ether oxygens (including phenoxy) is 2. The molecule has 7 nitrogen and oxygen atoms in total. The van der Waals surface area contributed by atoms with Gasteiger partial charge in [-0.2, -0.15) is 0 Å². The van der Waals surface area contributed by atoms with Crippen LogP contribution in [0.5, 0.6) is 0 Å². The number of esters is 1. The summed E-state index contributed by atoms with van der Waals surface area (Å²) in [6, 6.07) is 0. The Morgan fingerprint density at radius 2 is 1.75 bits per heavy atom.